The van der Waals surface area contributed by atoms with Gasteiger partial charge in [0.05, 0.1) is 6.57 Å². The van der Waals surface area contributed by atoms with Crippen molar-refractivity contribution >= 4 is 23.0 Å². The molecule has 6 nitrogen and oxygen atoms in total. The van der Waals surface area contributed by atoms with E-state index in [0.29, 0.717) is 23.3 Å². The van der Waals surface area contributed by atoms with Gasteiger partial charge in [-0.2, -0.15) is 0 Å². The van der Waals surface area contributed by atoms with Gasteiger partial charge in [-0.1, -0.05) is 12.1 Å². The zero-order valence-corrected chi connectivity index (χ0v) is 13.6. The standard InChI is InChI=1S/C19H18N4O2/c1-20-14-3-2-4-16(9-14)23-12-17-10-18(23)11-22(17)15-7-5-13(6-8-15)19(24)21-25/h2-9,17-18,25H,10-12H2,(H,21,24)/t17-,18-/m1/s1. The molecule has 0 aromatic heterocycles. The fraction of sp³-hybridized carbons (Fsp3) is 0.263. The highest BCUT2D eigenvalue weighted by Crippen LogP contribution is 2.38. The van der Waals surface area contributed by atoms with Gasteiger partial charge in [0.2, 0.25) is 0 Å². The maximum absolute atomic E-state index is 11.4. The molecule has 2 heterocycles. The summed E-state index contributed by atoms with van der Waals surface area (Å²) in [6.07, 6.45) is 1.10. The van der Waals surface area contributed by atoms with Crippen molar-refractivity contribution in [2.24, 2.45) is 0 Å². The lowest BCUT2D eigenvalue weighted by Gasteiger charge is -2.37. The molecule has 126 valence electrons. The van der Waals surface area contributed by atoms with Gasteiger partial charge in [0, 0.05) is 42.1 Å². The average Bonchev–Trinajstić information content (AvgIpc) is 3.28. The van der Waals surface area contributed by atoms with E-state index in [1.54, 1.807) is 17.6 Å². The smallest absolute Gasteiger partial charge is 0.274 e. The minimum atomic E-state index is -0.500. The van der Waals surface area contributed by atoms with Crippen LogP contribution in [-0.2, 0) is 0 Å². The van der Waals surface area contributed by atoms with Crippen LogP contribution in [0.2, 0.25) is 0 Å². The van der Waals surface area contributed by atoms with Crippen LogP contribution in [0.5, 0.6) is 0 Å². The minimum Gasteiger partial charge on any atom is -0.366 e. The molecule has 2 aromatic rings. The van der Waals surface area contributed by atoms with Crippen LogP contribution in [0, 0.1) is 6.57 Å². The van der Waals surface area contributed by atoms with Gasteiger partial charge in [0.15, 0.2) is 5.69 Å². The number of anilines is 2. The maximum Gasteiger partial charge on any atom is 0.274 e. The van der Waals surface area contributed by atoms with Crippen molar-refractivity contribution in [3.63, 3.8) is 0 Å². The van der Waals surface area contributed by atoms with E-state index < -0.39 is 5.91 Å². The average molecular weight is 334 g/mol. The predicted octanol–water partition coefficient (Wildman–Crippen LogP) is 2.82. The molecule has 25 heavy (non-hydrogen) atoms. The van der Waals surface area contributed by atoms with E-state index in [-0.39, 0.29) is 0 Å². The number of nitrogens with one attached hydrogen (secondary N) is 1. The summed E-state index contributed by atoms with van der Waals surface area (Å²) in [7, 11) is 0. The van der Waals surface area contributed by atoms with Gasteiger partial charge in [-0.3, -0.25) is 10.0 Å². The molecule has 2 bridgehead atoms. The van der Waals surface area contributed by atoms with Crippen molar-refractivity contribution in [3.8, 4) is 0 Å². The maximum atomic E-state index is 11.4. The lowest BCUT2D eigenvalue weighted by Crippen LogP contribution is -2.46. The van der Waals surface area contributed by atoms with Gasteiger partial charge in [-0.25, -0.2) is 10.3 Å². The highest BCUT2D eigenvalue weighted by Gasteiger charge is 2.43. The predicted molar refractivity (Wildman–Crippen MR) is 95.3 cm³/mol. The highest BCUT2D eigenvalue weighted by atomic mass is 16.5. The van der Waals surface area contributed by atoms with Gasteiger partial charge in [0.25, 0.3) is 5.91 Å². The molecule has 2 fully saturated rings. The first-order chi connectivity index (χ1) is 12.2. The van der Waals surface area contributed by atoms with Crippen LogP contribution >= 0.6 is 0 Å². The second-order valence-corrected chi connectivity index (χ2v) is 6.47. The highest BCUT2D eigenvalue weighted by molar-refractivity contribution is 5.93. The zero-order chi connectivity index (χ0) is 17.4. The molecule has 0 saturated carbocycles. The van der Waals surface area contributed by atoms with Crippen LogP contribution in [0.4, 0.5) is 17.1 Å². The van der Waals surface area contributed by atoms with Crippen molar-refractivity contribution in [3.05, 3.63) is 65.5 Å². The molecule has 6 heteroatoms. The molecule has 2 aliphatic rings. The van der Waals surface area contributed by atoms with Crippen molar-refractivity contribution < 1.29 is 10.0 Å². The van der Waals surface area contributed by atoms with E-state index in [0.717, 1.165) is 30.9 Å². The number of carbonyl (C=O) groups excluding carboxylic acids is 1. The Morgan fingerprint density at radius 2 is 1.76 bits per heavy atom. The van der Waals surface area contributed by atoms with Gasteiger partial charge in [0.1, 0.15) is 0 Å². The summed E-state index contributed by atoms with van der Waals surface area (Å²) in [5, 5.41) is 8.70. The second kappa shape index (κ2) is 6.11. The molecular weight excluding hydrogens is 316 g/mol. The zero-order valence-electron chi connectivity index (χ0n) is 13.6. The van der Waals surface area contributed by atoms with Crippen molar-refractivity contribution in [2.75, 3.05) is 22.9 Å². The number of fused-ring (bicyclic) bond motifs is 2. The van der Waals surface area contributed by atoms with Gasteiger partial charge >= 0.3 is 0 Å². The Labute approximate surface area is 146 Å². The number of carbonyl (C=O) groups is 1. The SMILES string of the molecule is [C-]#[N+]c1cccc(N2C[C@H]3C[C@@H]2CN3c2ccc(C(=O)NO)cc2)c1. The third-order valence-corrected chi connectivity index (χ3v) is 5.09. The first-order valence-corrected chi connectivity index (χ1v) is 8.25. The number of nitrogens with zero attached hydrogens (tertiary/aromatic N) is 3. The Kier molecular flexibility index (Phi) is 3.79. The summed E-state index contributed by atoms with van der Waals surface area (Å²) >= 11 is 0. The third kappa shape index (κ3) is 2.69. The Balaban J connectivity index is 1.49. The molecule has 2 saturated heterocycles. The summed E-state index contributed by atoms with van der Waals surface area (Å²) in [5.41, 5.74) is 4.98. The summed E-state index contributed by atoms with van der Waals surface area (Å²) < 4.78 is 0. The lowest BCUT2D eigenvalue weighted by atomic mass is 10.1. The van der Waals surface area contributed by atoms with E-state index in [2.05, 4.69) is 20.7 Å². The molecule has 0 radical (unpaired) electrons. The molecule has 0 aliphatic carbocycles. The Morgan fingerprint density at radius 3 is 2.36 bits per heavy atom. The molecular formula is C19H18N4O2. The van der Waals surface area contributed by atoms with Crippen LogP contribution in [-0.4, -0.2) is 36.3 Å². The first kappa shape index (κ1) is 15.5. The van der Waals surface area contributed by atoms with E-state index in [9.17, 15) is 4.79 Å². The molecule has 1 amide bonds. The van der Waals surface area contributed by atoms with Crippen LogP contribution in [0.25, 0.3) is 4.85 Å². The number of piperazine rings is 1. The number of rotatable bonds is 3. The molecule has 2 N–H and O–H groups in total. The summed E-state index contributed by atoms with van der Waals surface area (Å²) in [5.74, 6) is -0.500. The van der Waals surface area contributed by atoms with Crippen LogP contribution in [0.15, 0.2) is 48.5 Å². The van der Waals surface area contributed by atoms with Gasteiger partial charge in [-0.15, -0.1) is 0 Å². The molecule has 4 rings (SSSR count). The van der Waals surface area contributed by atoms with Gasteiger partial charge in [-0.05, 0) is 42.8 Å². The Hall–Kier alpha value is -3.04. The topological polar surface area (TPSA) is 60.2 Å². The number of hydrogen-bond acceptors (Lipinski definition) is 4. The quantitative estimate of drug-likeness (QED) is 0.515. The Morgan fingerprint density at radius 1 is 1.08 bits per heavy atom. The monoisotopic (exact) mass is 334 g/mol. The molecule has 0 spiro atoms. The lowest BCUT2D eigenvalue weighted by molar-refractivity contribution is 0.0706. The van der Waals surface area contributed by atoms with Crippen LogP contribution in [0.1, 0.15) is 16.8 Å². The largest absolute Gasteiger partial charge is 0.366 e. The number of amides is 1. The molecule has 2 aromatic carbocycles. The summed E-state index contributed by atoms with van der Waals surface area (Å²) in [6, 6.07) is 16.0. The number of benzene rings is 2. The van der Waals surface area contributed by atoms with Crippen LogP contribution in [0.3, 0.4) is 0 Å². The fourth-order valence-corrected chi connectivity index (χ4v) is 3.91. The van der Waals surface area contributed by atoms with E-state index in [1.165, 1.54) is 0 Å². The first-order valence-electron chi connectivity index (χ1n) is 8.25. The van der Waals surface area contributed by atoms with Crippen molar-refractivity contribution in [1.82, 2.24) is 5.48 Å². The molecule has 2 aliphatic heterocycles. The minimum absolute atomic E-state index is 0.430. The van der Waals surface area contributed by atoms with E-state index in [1.807, 2.05) is 30.3 Å². The van der Waals surface area contributed by atoms with Crippen molar-refractivity contribution in [2.45, 2.75) is 18.5 Å². The summed E-state index contributed by atoms with van der Waals surface area (Å²) in [6.45, 7) is 9.04. The van der Waals surface area contributed by atoms with Crippen molar-refractivity contribution in [1.29, 1.82) is 0 Å². The summed E-state index contributed by atoms with van der Waals surface area (Å²) in [4.78, 5) is 19.7. The Bertz CT molecular complexity index is 843. The second-order valence-electron chi connectivity index (χ2n) is 6.47. The number of hydroxylamine groups is 1. The molecule has 2 atom stereocenters. The van der Waals surface area contributed by atoms with E-state index in [4.69, 9.17) is 11.8 Å². The van der Waals surface area contributed by atoms with Gasteiger partial charge < -0.3 is 9.80 Å². The third-order valence-electron chi connectivity index (χ3n) is 5.09. The molecule has 0 unspecified atom stereocenters. The van der Waals surface area contributed by atoms with E-state index >= 15 is 0 Å². The van der Waals surface area contributed by atoms with Crippen LogP contribution < -0.4 is 15.3 Å². The number of hydrogen-bond donors (Lipinski definition) is 2. The normalized spacial score (nSPS) is 21.3. The fourth-order valence-electron chi connectivity index (χ4n) is 3.91.